The van der Waals surface area contributed by atoms with Gasteiger partial charge < -0.3 is 21.4 Å². The number of rotatable bonds is 13. The van der Waals surface area contributed by atoms with E-state index in [0.717, 1.165) is 32.0 Å². The van der Waals surface area contributed by atoms with Crippen molar-refractivity contribution in [2.75, 3.05) is 6.54 Å². The van der Waals surface area contributed by atoms with E-state index in [9.17, 15) is 9.59 Å². The van der Waals surface area contributed by atoms with Crippen LogP contribution in [-0.2, 0) is 9.59 Å². The molecule has 5 heteroatoms. The third kappa shape index (κ3) is 21.5. The fourth-order valence-corrected chi connectivity index (χ4v) is 1.82. The van der Waals surface area contributed by atoms with Crippen molar-refractivity contribution in [2.45, 2.75) is 83.6 Å². The molecular weight excluding hydrogens is 268 g/mol. The molecule has 0 aromatic carbocycles. The Morgan fingerprint density at radius 1 is 1.05 bits per heavy atom. The van der Waals surface area contributed by atoms with Crippen molar-refractivity contribution in [3.8, 4) is 0 Å². The second-order valence-corrected chi connectivity index (χ2v) is 5.31. The van der Waals surface area contributed by atoms with Gasteiger partial charge >= 0.3 is 5.97 Å². The first-order valence-corrected chi connectivity index (χ1v) is 8.22. The third-order valence-electron chi connectivity index (χ3n) is 3.21. The van der Waals surface area contributed by atoms with Gasteiger partial charge in [0.05, 0.1) is 0 Å². The van der Waals surface area contributed by atoms with Gasteiger partial charge in [-0.1, -0.05) is 51.9 Å². The minimum atomic E-state index is -0.933. The Balaban J connectivity index is 0. The van der Waals surface area contributed by atoms with Gasteiger partial charge in [-0.25, -0.2) is 0 Å². The molecule has 0 aliphatic heterocycles. The van der Waals surface area contributed by atoms with E-state index >= 15 is 0 Å². The zero-order valence-corrected chi connectivity index (χ0v) is 13.6. The molecule has 0 heterocycles. The van der Waals surface area contributed by atoms with Crippen molar-refractivity contribution in [3.05, 3.63) is 0 Å². The Morgan fingerprint density at radius 3 is 2.10 bits per heavy atom. The van der Waals surface area contributed by atoms with E-state index in [1.165, 1.54) is 38.5 Å². The predicted octanol–water partition coefficient (Wildman–Crippen LogP) is 2.85. The van der Waals surface area contributed by atoms with Gasteiger partial charge in [-0.15, -0.1) is 0 Å². The molecule has 0 bridgehead atoms. The molecule has 0 aliphatic rings. The highest BCUT2D eigenvalue weighted by molar-refractivity contribution is 5.72. The standard InChI is InChI=1S/C10H20O.C6H14N2O2/c1-2-3-4-5-6-7-8-9-10-11;7-4-2-1-3-5(8)6(9)10/h10H,2-9H2,1H3;5H,1-4,7-8H2,(H,9,10). The minimum Gasteiger partial charge on any atom is -0.480 e. The Morgan fingerprint density at radius 2 is 1.62 bits per heavy atom. The molecule has 0 saturated heterocycles. The lowest BCUT2D eigenvalue weighted by Gasteiger charge is -2.03. The van der Waals surface area contributed by atoms with Gasteiger partial charge in [0, 0.05) is 6.42 Å². The molecule has 126 valence electrons. The molecule has 5 N–H and O–H groups in total. The summed E-state index contributed by atoms with van der Waals surface area (Å²) in [5, 5.41) is 8.33. The van der Waals surface area contributed by atoms with E-state index in [-0.39, 0.29) is 0 Å². The van der Waals surface area contributed by atoms with E-state index in [1.54, 1.807) is 0 Å². The van der Waals surface area contributed by atoms with Crippen molar-refractivity contribution in [3.63, 3.8) is 0 Å². The van der Waals surface area contributed by atoms with E-state index in [4.69, 9.17) is 16.6 Å². The fourth-order valence-electron chi connectivity index (χ4n) is 1.82. The molecule has 0 aromatic rings. The highest BCUT2D eigenvalue weighted by Crippen LogP contribution is 2.07. The summed E-state index contributed by atoms with van der Waals surface area (Å²) < 4.78 is 0. The van der Waals surface area contributed by atoms with Gasteiger partial charge in [-0.3, -0.25) is 4.79 Å². The first-order chi connectivity index (χ1) is 10.1. The molecular formula is C16H34N2O3. The number of nitrogens with two attached hydrogens (primary N) is 2. The maximum Gasteiger partial charge on any atom is 0.320 e. The van der Waals surface area contributed by atoms with Gasteiger partial charge in [-0.2, -0.15) is 0 Å². The highest BCUT2D eigenvalue weighted by Gasteiger charge is 2.09. The quantitative estimate of drug-likeness (QED) is 0.358. The average Bonchev–Trinajstić information content (AvgIpc) is 2.47. The van der Waals surface area contributed by atoms with E-state index in [1.807, 2.05) is 0 Å². The van der Waals surface area contributed by atoms with Crippen molar-refractivity contribution in [1.29, 1.82) is 0 Å². The topological polar surface area (TPSA) is 106 Å². The minimum absolute atomic E-state index is 0.520. The highest BCUT2D eigenvalue weighted by atomic mass is 16.4. The summed E-state index contributed by atoms with van der Waals surface area (Å²) in [5.41, 5.74) is 10.4. The number of carbonyl (C=O) groups is 2. The average molecular weight is 302 g/mol. The second kappa shape index (κ2) is 19.1. The normalized spacial score (nSPS) is 11.4. The molecule has 21 heavy (non-hydrogen) atoms. The zero-order valence-electron chi connectivity index (χ0n) is 13.6. The van der Waals surface area contributed by atoms with E-state index < -0.39 is 12.0 Å². The van der Waals surface area contributed by atoms with Crippen LogP contribution in [0.4, 0.5) is 0 Å². The Labute approximate surface area is 129 Å². The lowest BCUT2D eigenvalue weighted by molar-refractivity contribution is -0.138. The van der Waals surface area contributed by atoms with Crippen LogP contribution in [-0.4, -0.2) is 29.9 Å². The first-order valence-electron chi connectivity index (χ1n) is 8.22. The molecule has 0 amide bonds. The molecule has 0 radical (unpaired) electrons. The smallest absolute Gasteiger partial charge is 0.320 e. The van der Waals surface area contributed by atoms with Crippen LogP contribution in [0.1, 0.15) is 77.6 Å². The fraction of sp³-hybridized carbons (Fsp3) is 0.875. The van der Waals surface area contributed by atoms with Crippen LogP contribution in [0.5, 0.6) is 0 Å². The van der Waals surface area contributed by atoms with E-state index in [0.29, 0.717) is 13.0 Å². The summed E-state index contributed by atoms with van der Waals surface area (Å²) in [6, 6.07) is -0.716. The van der Waals surface area contributed by atoms with Crippen LogP contribution in [0.2, 0.25) is 0 Å². The molecule has 5 nitrogen and oxygen atoms in total. The van der Waals surface area contributed by atoms with E-state index in [2.05, 4.69) is 6.92 Å². The number of unbranched alkanes of at least 4 members (excludes halogenated alkanes) is 8. The summed E-state index contributed by atoms with van der Waals surface area (Å²) in [5.74, 6) is -0.933. The summed E-state index contributed by atoms with van der Waals surface area (Å²) in [6.07, 6.45) is 13.0. The van der Waals surface area contributed by atoms with Crippen LogP contribution in [0.15, 0.2) is 0 Å². The number of hydrogen-bond donors (Lipinski definition) is 3. The number of carbonyl (C=O) groups excluding carboxylic acids is 1. The van der Waals surface area contributed by atoms with Gasteiger partial charge in [0.2, 0.25) is 0 Å². The molecule has 0 aliphatic carbocycles. The number of carboxylic acids is 1. The number of hydrogen-bond acceptors (Lipinski definition) is 4. The molecule has 1 atom stereocenters. The SMILES string of the molecule is CCCCCCCCCC=O.NCCCCC(N)C(=O)O. The largest absolute Gasteiger partial charge is 0.480 e. The zero-order chi connectivity index (χ0) is 16.3. The van der Waals surface area contributed by atoms with Gasteiger partial charge in [-0.05, 0) is 25.8 Å². The summed E-state index contributed by atoms with van der Waals surface area (Å²) >= 11 is 0. The van der Waals surface area contributed by atoms with Crippen molar-refractivity contribution in [2.24, 2.45) is 11.5 Å². The maximum atomic E-state index is 10.1. The number of aliphatic carboxylic acids is 1. The van der Waals surface area contributed by atoms with Crippen LogP contribution in [0, 0.1) is 0 Å². The predicted molar refractivity (Wildman–Crippen MR) is 87.2 cm³/mol. The monoisotopic (exact) mass is 302 g/mol. The molecule has 0 rings (SSSR count). The van der Waals surface area contributed by atoms with Crippen molar-refractivity contribution < 1.29 is 14.7 Å². The van der Waals surface area contributed by atoms with Crippen LogP contribution >= 0.6 is 0 Å². The Hall–Kier alpha value is -0.940. The van der Waals surface area contributed by atoms with Gasteiger partial charge in [0.25, 0.3) is 0 Å². The Kier molecular flexibility index (Phi) is 20.3. The molecule has 0 spiro atoms. The van der Waals surface area contributed by atoms with Crippen molar-refractivity contribution >= 4 is 12.3 Å². The lowest BCUT2D eigenvalue weighted by Crippen LogP contribution is -2.29. The van der Waals surface area contributed by atoms with Crippen LogP contribution in [0.25, 0.3) is 0 Å². The molecule has 0 fully saturated rings. The second-order valence-electron chi connectivity index (χ2n) is 5.31. The summed E-state index contributed by atoms with van der Waals surface area (Å²) in [4.78, 5) is 20.1. The number of carboxylic acid groups (broad SMARTS) is 1. The van der Waals surface area contributed by atoms with Gasteiger partial charge in [0.15, 0.2) is 0 Å². The molecule has 0 saturated carbocycles. The summed E-state index contributed by atoms with van der Waals surface area (Å²) in [7, 11) is 0. The molecule has 0 aromatic heterocycles. The Bertz CT molecular complexity index is 236. The molecule has 1 unspecified atom stereocenters. The lowest BCUT2D eigenvalue weighted by atomic mass is 10.1. The van der Waals surface area contributed by atoms with Gasteiger partial charge in [0.1, 0.15) is 12.3 Å². The van der Waals surface area contributed by atoms with Crippen molar-refractivity contribution in [1.82, 2.24) is 0 Å². The first kappa shape index (κ1) is 22.3. The van der Waals surface area contributed by atoms with Crippen LogP contribution < -0.4 is 11.5 Å². The summed E-state index contributed by atoms with van der Waals surface area (Å²) in [6.45, 7) is 2.83. The van der Waals surface area contributed by atoms with Crippen LogP contribution in [0.3, 0.4) is 0 Å². The maximum absolute atomic E-state index is 10.1. The number of aldehydes is 1. The third-order valence-corrected chi connectivity index (χ3v) is 3.21.